The Morgan fingerprint density at radius 3 is 2.85 bits per heavy atom. The van der Waals surface area contributed by atoms with Gasteiger partial charge >= 0.3 is 5.97 Å². The fraction of sp³-hybridized carbons (Fsp3) is 0.143. The van der Waals surface area contributed by atoms with E-state index in [9.17, 15) is 14.0 Å². The molecule has 4 nitrogen and oxygen atoms in total. The van der Waals surface area contributed by atoms with Crippen molar-refractivity contribution in [1.82, 2.24) is 5.32 Å². The number of carbonyl (C=O) groups excluding carboxylic acids is 1. The van der Waals surface area contributed by atoms with Crippen molar-refractivity contribution in [2.24, 2.45) is 0 Å². The lowest BCUT2D eigenvalue weighted by Crippen LogP contribution is -2.40. The van der Waals surface area contributed by atoms with Gasteiger partial charge in [-0.25, -0.2) is 9.18 Å². The quantitative estimate of drug-likeness (QED) is 0.849. The van der Waals surface area contributed by atoms with E-state index >= 15 is 0 Å². The molecule has 0 aliphatic carbocycles. The molecule has 2 aromatic rings. The molecule has 1 aromatic heterocycles. The van der Waals surface area contributed by atoms with E-state index in [0.717, 1.165) is 16.7 Å². The molecule has 102 valence electrons. The van der Waals surface area contributed by atoms with Crippen LogP contribution in [-0.4, -0.2) is 23.0 Å². The number of fused-ring (bicyclic) bond motifs is 1. The molecule has 0 saturated heterocycles. The van der Waals surface area contributed by atoms with E-state index in [1.54, 1.807) is 12.1 Å². The molecular weight excluding hydrogens is 281 g/mol. The van der Waals surface area contributed by atoms with Gasteiger partial charge in [0, 0.05) is 11.1 Å². The second-order valence-electron chi connectivity index (χ2n) is 4.07. The maximum atomic E-state index is 13.1. The molecule has 2 N–H and O–H groups in total. The number of nitrogens with one attached hydrogen (secondary N) is 1. The van der Waals surface area contributed by atoms with E-state index in [1.165, 1.54) is 12.1 Å². The summed E-state index contributed by atoms with van der Waals surface area (Å²) in [6, 6.07) is 4.65. The second-order valence-corrected chi connectivity index (χ2v) is 5.15. The van der Waals surface area contributed by atoms with Crippen molar-refractivity contribution in [3.8, 4) is 12.3 Å². The number of rotatable bonds is 4. The standard InChI is InChI=1S/C14H10FNO3S/c1-2-3-10(14(18)19)16-13(17)12-6-8-4-5-9(15)7-11(8)20-12/h1,4-7,10H,3H2,(H,16,17)(H,18,19). The van der Waals surface area contributed by atoms with Crippen molar-refractivity contribution in [1.29, 1.82) is 0 Å². The molecule has 1 heterocycles. The minimum atomic E-state index is -1.19. The van der Waals surface area contributed by atoms with Crippen molar-refractivity contribution >= 4 is 33.3 Å². The lowest BCUT2D eigenvalue weighted by atomic mass is 10.2. The first-order valence-corrected chi connectivity index (χ1v) is 6.49. The Labute approximate surface area is 118 Å². The van der Waals surface area contributed by atoms with Gasteiger partial charge in [0.1, 0.15) is 11.9 Å². The van der Waals surface area contributed by atoms with Crippen LogP contribution in [-0.2, 0) is 4.79 Å². The number of hydrogen-bond acceptors (Lipinski definition) is 3. The van der Waals surface area contributed by atoms with Crippen LogP contribution in [0.3, 0.4) is 0 Å². The van der Waals surface area contributed by atoms with Crippen molar-refractivity contribution in [3.63, 3.8) is 0 Å². The molecule has 0 spiro atoms. The molecule has 0 aliphatic heterocycles. The van der Waals surface area contributed by atoms with Gasteiger partial charge in [-0.05, 0) is 23.6 Å². The summed E-state index contributed by atoms with van der Waals surface area (Å²) in [5, 5.41) is 12.0. The van der Waals surface area contributed by atoms with Gasteiger partial charge in [0.05, 0.1) is 4.88 Å². The summed E-state index contributed by atoms with van der Waals surface area (Å²) in [6.07, 6.45) is 4.96. The Kier molecular flexibility index (Phi) is 4.01. The number of hydrogen-bond donors (Lipinski definition) is 2. The minimum Gasteiger partial charge on any atom is -0.480 e. The summed E-state index contributed by atoms with van der Waals surface area (Å²) in [5.74, 6) is 0.0869. The van der Waals surface area contributed by atoms with Gasteiger partial charge < -0.3 is 10.4 Å². The Morgan fingerprint density at radius 1 is 1.45 bits per heavy atom. The predicted octanol–water partition coefficient (Wildman–Crippen LogP) is 2.25. The Morgan fingerprint density at radius 2 is 2.20 bits per heavy atom. The van der Waals surface area contributed by atoms with Crippen LogP contribution < -0.4 is 5.32 Å². The third-order valence-electron chi connectivity index (χ3n) is 2.63. The number of carbonyl (C=O) groups is 2. The van der Waals surface area contributed by atoms with Crippen LogP contribution in [0.1, 0.15) is 16.1 Å². The Balaban J connectivity index is 2.23. The fourth-order valence-electron chi connectivity index (χ4n) is 1.66. The highest BCUT2D eigenvalue weighted by molar-refractivity contribution is 7.20. The SMILES string of the molecule is C#CCC(NC(=O)c1cc2ccc(F)cc2s1)C(=O)O. The molecule has 20 heavy (non-hydrogen) atoms. The van der Waals surface area contributed by atoms with Gasteiger partial charge in [-0.15, -0.1) is 23.7 Å². The molecule has 0 fully saturated rings. The number of carboxylic acids is 1. The molecule has 1 aromatic carbocycles. The van der Waals surface area contributed by atoms with Crippen molar-refractivity contribution in [2.75, 3.05) is 0 Å². The average Bonchev–Trinajstić information content (AvgIpc) is 2.80. The van der Waals surface area contributed by atoms with E-state index in [-0.39, 0.29) is 12.2 Å². The minimum absolute atomic E-state index is 0.0966. The maximum absolute atomic E-state index is 13.1. The van der Waals surface area contributed by atoms with Crippen molar-refractivity contribution < 1.29 is 19.1 Å². The Hall–Kier alpha value is -2.39. The number of halogens is 1. The number of terminal acetylenes is 1. The summed E-state index contributed by atoms with van der Waals surface area (Å²) in [4.78, 5) is 23.2. The number of amides is 1. The third kappa shape index (κ3) is 2.95. The first-order chi connectivity index (χ1) is 9.51. The van der Waals surface area contributed by atoms with E-state index in [1.807, 2.05) is 0 Å². The summed E-state index contributed by atoms with van der Waals surface area (Å²) in [5.41, 5.74) is 0. The zero-order valence-corrected chi connectivity index (χ0v) is 11.0. The van der Waals surface area contributed by atoms with Crippen LogP contribution in [0.2, 0.25) is 0 Å². The molecular formula is C14H10FNO3S. The topological polar surface area (TPSA) is 66.4 Å². The van der Waals surface area contributed by atoms with Crippen molar-refractivity contribution in [3.05, 3.63) is 35.0 Å². The van der Waals surface area contributed by atoms with E-state index in [4.69, 9.17) is 11.5 Å². The maximum Gasteiger partial charge on any atom is 0.327 e. The van der Waals surface area contributed by atoms with Gasteiger partial charge in [-0.2, -0.15) is 0 Å². The first-order valence-electron chi connectivity index (χ1n) is 5.67. The zero-order valence-electron chi connectivity index (χ0n) is 10.2. The number of aliphatic carboxylic acids is 1. The normalized spacial score (nSPS) is 11.8. The van der Waals surface area contributed by atoms with E-state index in [0.29, 0.717) is 9.58 Å². The van der Waals surface area contributed by atoms with E-state index in [2.05, 4.69) is 11.2 Å². The van der Waals surface area contributed by atoms with Gasteiger partial charge in [0.2, 0.25) is 0 Å². The average molecular weight is 291 g/mol. The van der Waals surface area contributed by atoms with Gasteiger partial charge in [-0.1, -0.05) is 6.07 Å². The molecule has 0 saturated carbocycles. The smallest absolute Gasteiger partial charge is 0.327 e. The fourth-order valence-corrected chi connectivity index (χ4v) is 2.65. The molecule has 1 atom stereocenters. The van der Waals surface area contributed by atoms with Crippen LogP contribution in [0.5, 0.6) is 0 Å². The van der Waals surface area contributed by atoms with Crippen LogP contribution in [0.15, 0.2) is 24.3 Å². The molecule has 2 rings (SSSR count). The molecule has 0 radical (unpaired) electrons. The summed E-state index contributed by atoms with van der Waals surface area (Å²) >= 11 is 1.09. The highest BCUT2D eigenvalue weighted by atomic mass is 32.1. The van der Waals surface area contributed by atoms with Gasteiger partial charge in [0.15, 0.2) is 0 Å². The Bertz CT molecular complexity index is 717. The lowest BCUT2D eigenvalue weighted by molar-refractivity contribution is -0.139. The van der Waals surface area contributed by atoms with Crippen LogP contribution in [0.4, 0.5) is 4.39 Å². The highest BCUT2D eigenvalue weighted by Crippen LogP contribution is 2.26. The summed E-state index contributed by atoms with van der Waals surface area (Å²) < 4.78 is 13.7. The van der Waals surface area contributed by atoms with E-state index < -0.39 is 17.9 Å². The van der Waals surface area contributed by atoms with Crippen LogP contribution >= 0.6 is 11.3 Å². The van der Waals surface area contributed by atoms with Crippen LogP contribution in [0, 0.1) is 18.2 Å². The zero-order chi connectivity index (χ0) is 14.7. The van der Waals surface area contributed by atoms with Gasteiger partial charge in [0.25, 0.3) is 5.91 Å². The lowest BCUT2D eigenvalue weighted by Gasteiger charge is -2.10. The van der Waals surface area contributed by atoms with Crippen LogP contribution in [0.25, 0.3) is 10.1 Å². The van der Waals surface area contributed by atoms with Gasteiger partial charge in [-0.3, -0.25) is 4.79 Å². The number of thiophene rings is 1. The largest absolute Gasteiger partial charge is 0.480 e. The highest BCUT2D eigenvalue weighted by Gasteiger charge is 2.20. The predicted molar refractivity (Wildman–Crippen MR) is 74.1 cm³/mol. The molecule has 1 amide bonds. The second kappa shape index (κ2) is 5.72. The van der Waals surface area contributed by atoms with Crippen molar-refractivity contribution in [2.45, 2.75) is 12.5 Å². The number of carboxylic acid groups (broad SMARTS) is 1. The summed E-state index contributed by atoms with van der Waals surface area (Å²) in [6.45, 7) is 0. The monoisotopic (exact) mass is 291 g/mol. The summed E-state index contributed by atoms with van der Waals surface area (Å²) in [7, 11) is 0. The molecule has 0 bridgehead atoms. The molecule has 1 unspecified atom stereocenters. The molecule has 0 aliphatic rings. The first kappa shape index (κ1) is 14.0. The third-order valence-corrected chi connectivity index (χ3v) is 3.73. The number of benzene rings is 1. The molecule has 6 heteroatoms.